The first-order chi connectivity index (χ1) is 11.5. The van der Waals surface area contributed by atoms with Crippen molar-refractivity contribution < 1.29 is 13.6 Å². The van der Waals surface area contributed by atoms with E-state index in [2.05, 4.69) is 5.32 Å². The third-order valence-corrected chi connectivity index (χ3v) is 5.19. The molecule has 0 aliphatic heterocycles. The van der Waals surface area contributed by atoms with E-state index in [4.69, 9.17) is 11.5 Å². The third kappa shape index (κ3) is 3.42. The average Bonchev–Trinajstić information content (AvgIpc) is 3.27. The predicted octanol–water partition coefficient (Wildman–Crippen LogP) is 3.53. The number of hydrogen-bond acceptors (Lipinski definition) is 4. The lowest BCUT2D eigenvalue weighted by molar-refractivity contribution is 0.0951. The van der Waals surface area contributed by atoms with E-state index in [9.17, 15) is 13.6 Å². The maximum absolute atomic E-state index is 12.6. The topological polar surface area (TPSA) is 81.1 Å². The van der Waals surface area contributed by atoms with Gasteiger partial charge >= 0.3 is 0 Å². The molecule has 0 unspecified atom stereocenters. The molecule has 0 radical (unpaired) electrons. The molecule has 1 aliphatic carbocycles. The van der Waals surface area contributed by atoms with Gasteiger partial charge in [0, 0.05) is 24.2 Å². The van der Waals surface area contributed by atoms with Crippen molar-refractivity contribution >= 4 is 22.9 Å². The van der Waals surface area contributed by atoms with Crippen LogP contribution in [0.4, 0.5) is 14.5 Å². The van der Waals surface area contributed by atoms with E-state index < -0.39 is 6.43 Å². The maximum Gasteiger partial charge on any atom is 0.272 e. The smallest absolute Gasteiger partial charge is 0.272 e. The number of benzene rings is 1. The van der Waals surface area contributed by atoms with Gasteiger partial charge in [0.15, 0.2) is 0 Å². The quantitative estimate of drug-likeness (QED) is 0.696. The molecule has 4 nitrogen and oxygen atoms in total. The van der Waals surface area contributed by atoms with Crippen LogP contribution < -0.4 is 16.8 Å². The highest BCUT2D eigenvalue weighted by Gasteiger charge is 2.27. The highest BCUT2D eigenvalue weighted by atomic mass is 32.1. The van der Waals surface area contributed by atoms with Gasteiger partial charge in [-0.25, -0.2) is 8.78 Å². The Balaban J connectivity index is 1.78. The number of nitrogens with two attached hydrogens (primary N) is 2. The van der Waals surface area contributed by atoms with Gasteiger partial charge in [-0.2, -0.15) is 0 Å². The van der Waals surface area contributed by atoms with Gasteiger partial charge in [0.2, 0.25) is 0 Å². The summed E-state index contributed by atoms with van der Waals surface area (Å²) >= 11 is 0.885. The van der Waals surface area contributed by atoms with Gasteiger partial charge in [-0.3, -0.25) is 4.79 Å². The summed E-state index contributed by atoms with van der Waals surface area (Å²) in [4.78, 5) is 12.1. The van der Waals surface area contributed by atoms with Crippen LogP contribution in [-0.4, -0.2) is 5.91 Å². The summed E-state index contributed by atoms with van der Waals surface area (Å²) in [6.07, 6.45) is -0.315. The lowest BCUT2D eigenvalue weighted by Gasteiger charge is -2.16. The van der Waals surface area contributed by atoms with Crippen molar-refractivity contribution in [3.05, 3.63) is 50.7 Å². The SMILES string of the molecule is NCc1c(N)ccc(C2CC2)c1CNC(=O)c1csc(C(F)F)c1. The number of halogens is 2. The first-order valence-electron chi connectivity index (χ1n) is 7.76. The molecule has 0 spiro atoms. The van der Waals surface area contributed by atoms with E-state index in [0.29, 0.717) is 24.7 Å². The Morgan fingerprint density at radius 1 is 1.33 bits per heavy atom. The number of amides is 1. The van der Waals surface area contributed by atoms with Crippen LogP contribution in [0.5, 0.6) is 0 Å². The number of alkyl halides is 2. The molecule has 7 heteroatoms. The standard InChI is InChI=1S/C17H19F2N3OS/c18-16(19)15-5-10(8-24-15)17(23)22-7-13-11(9-1-2-9)3-4-14(21)12(13)6-20/h3-5,8-9,16H,1-2,6-7,20-21H2,(H,22,23). The number of carbonyl (C=O) groups excluding carboxylic acids is 1. The number of carbonyl (C=O) groups is 1. The van der Waals surface area contributed by atoms with Gasteiger partial charge in [-0.05, 0) is 47.6 Å². The van der Waals surface area contributed by atoms with Crippen LogP contribution in [0.25, 0.3) is 0 Å². The minimum atomic E-state index is -2.56. The molecule has 1 heterocycles. The van der Waals surface area contributed by atoms with Crippen molar-refractivity contribution in [2.75, 3.05) is 5.73 Å². The Hall–Kier alpha value is -1.99. The highest BCUT2D eigenvalue weighted by molar-refractivity contribution is 7.10. The van der Waals surface area contributed by atoms with Gasteiger partial charge in [-0.1, -0.05) is 6.07 Å². The van der Waals surface area contributed by atoms with Crippen LogP contribution in [0, 0.1) is 0 Å². The van der Waals surface area contributed by atoms with E-state index in [-0.39, 0.29) is 16.3 Å². The fourth-order valence-corrected chi connectivity index (χ4v) is 3.55. The minimum absolute atomic E-state index is 0.106. The molecule has 0 atom stereocenters. The van der Waals surface area contributed by atoms with Crippen molar-refractivity contribution in [2.24, 2.45) is 5.73 Å². The molecule has 1 saturated carbocycles. The normalized spacial score (nSPS) is 14.2. The molecule has 1 aromatic heterocycles. The number of hydrogen-bond donors (Lipinski definition) is 3. The summed E-state index contributed by atoms with van der Waals surface area (Å²) in [5.74, 6) is 0.125. The number of anilines is 1. The minimum Gasteiger partial charge on any atom is -0.398 e. The fourth-order valence-electron chi connectivity index (χ4n) is 2.81. The molecule has 0 saturated heterocycles. The van der Waals surface area contributed by atoms with Crippen LogP contribution >= 0.6 is 11.3 Å². The Bertz CT molecular complexity index is 756. The second-order valence-corrected chi connectivity index (χ2v) is 6.84. The molecule has 1 aromatic carbocycles. The number of rotatable bonds is 6. The first-order valence-corrected chi connectivity index (χ1v) is 8.64. The van der Waals surface area contributed by atoms with Crippen LogP contribution in [0.15, 0.2) is 23.6 Å². The summed E-state index contributed by atoms with van der Waals surface area (Å²) in [5, 5.41) is 4.25. The van der Waals surface area contributed by atoms with E-state index in [1.165, 1.54) is 17.0 Å². The van der Waals surface area contributed by atoms with E-state index in [1.807, 2.05) is 12.1 Å². The monoisotopic (exact) mass is 351 g/mol. The molecule has 3 rings (SSSR count). The molecule has 5 N–H and O–H groups in total. The van der Waals surface area contributed by atoms with Gasteiger partial charge in [-0.15, -0.1) is 11.3 Å². The van der Waals surface area contributed by atoms with E-state index in [0.717, 1.165) is 35.3 Å². The largest absolute Gasteiger partial charge is 0.398 e. The Morgan fingerprint density at radius 2 is 2.08 bits per heavy atom. The number of nitrogens with one attached hydrogen (secondary N) is 1. The molecular formula is C17H19F2N3OS. The maximum atomic E-state index is 12.6. The lowest BCUT2D eigenvalue weighted by atomic mass is 9.96. The average molecular weight is 351 g/mol. The fraction of sp³-hybridized carbons (Fsp3) is 0.353. The second kappa shape index (κ2) is 6.86. The Kier molecular flexibility index (Phi) is 4.82. The van der Waals surface area contributed by atoms with Crippen molar-refractivity contribution in [1.82, 2.24) is 5.32 Å². The molecule has 0 bridgehead atoms. The highest BCUT2D eigenvalue weighted by Crippen LogP contribution is 2.43. The Labute approximate surface area is 142 Å². The van der Waals surface area contributed by atoms with Crippen LogP contribution in [0.1, 0.15) is 57.1 Å². The van der Waals surface area contributed by atoms with Crippen LogP contribution in [0.2, 0.25) is 0 Å². The first kappa shape index (κ1) is 16.9. The molecule has 128 valence electrons. The number of thiophene rings is 1. The van der Waals surface area contributed by atoms with Crippen LogP contribution in [-0.2, 0) is 13.1 Å². The summed E-state index contributed by atoms with van der Waals surface area (Å²) in [6, 6.07) is 5.08. The predicted molar refractivity (Wildman–Crippen MR) is 91.2 cm³/mol. The molecule has 1 aliphatic rings. The number of nitrogen functional groups attached to an aromatic ring is 1. The van der Waals surface area contributed by atoms with Gasteiger partial charge < -0.3 is 16.8 Å². The summed E-state index contributed by atoms with van der Waals surface area (Å²) in [5.41, 5.74) is 15.7. The Morgan fingerprint density at radius 3 is 2.67 bits per heavy atom. The van der Waals surface area contributed by atoms with E-state index in [1.54, 1.807) is 0 Å². The molecule has 1 fully saturated rings. The van der Waals surface area contributed by atoms with Gasteiger partial charge in [0.1, 0.15) is 0 Å². The second-order valence-electron chi connectivity index (χ2n) is 5.90. The van der Waals surface area contributed by atoms with Crippen molar-refractivity contribution in [3.63, 3.8) is 0 Å². The lowest BCUT2D eigenvalue weighted by Crippen LogP contribution is -2.24. The summed E-state index contributed by atoms with van der Waals surface area (Å²) < 4.78 is 25.3. The zero-order valence-electron chi connectivity index (χ0n) is 13.0. The summed E-state index contributed by atoms with van der Waals surface area (Å²) in [7, 11) is 0. The van der Waals surface area contributed by atoms with E-state index >= 15 is 0 Å². The molecule has 1 amide bonds. The molecule has 2 aromatic rings. The third-order valence-electron chi connectivity index (χ3n) is 4.25. The van der Waals surface area contributed by atoms with Gasteiger partial charge in [0.25, 0.3) is 12.3 Å². The van der Waals surface area contributed by atoms with Crippen molar-refractivity contribution in [3.8, 4) is 0 Å². The van der Waals surface area contributed by atoms with Crippen LogP contribution in [0.3, 0.4) is 0 Å². The zero-order valence-corrected chi connectivity index (χ0v) is 13.8. The zero-order chi connectivity index (χ0) is 17.3. The molecule has 24 heavy (non-hydrogen) atoms. The van der Waals surface area contributed by atoms with Crippen molar-refractivity contribution in [2.45, 2.75) is 38.3 Å². The van der Waals surface area contributed by atoms with Gasteiger partial charge in [0.05, 0.1) is 10.4 Å². The molecular weight excluding hydrogens is 332 g/mol. The van der Waals surface area contributed by atoms with Crippen molar-refractivity contribution in [1.29, 1.82) is 0 Å². The summed E-state index contributed by atoms with van der Waals surface area (Å²) in [6.45, 7) is 0.591.